The fourth-order valence-corrected chi connectivity index (χ4v) is 3.81. The summed E-state index contributed by atoms with van der Waals surface area (Å²) in [4.78, 5) is 1.10. The molecule has 2 aromatic rings. The minimum absolute atomic E-state index is 0.285. The largest absolute Gasteiger partial charge is 0.490 e. The molecule has 0 fully saturated rings. The third kappa shape index (κ3) is 3.65. The molecule has 5 heteroatoms. The van der Waals surface area contributed by atoms with Crippen LogP contribution in [0.2, 0.25) is 5.02 Å². The van der Waals surface area contributed by atoms with Crippen LogP contribution in [0.25, 0.3) is 0 Å². The van der Waals surface area contributed by atoms with Gasteiger partial charge in [0.05, 0.1) is 18.6 Å². The maximum Gasteiger partial charge on any atom is 0.162 e. The lowest BCUT2D eigenvalue weighted by atomic mass is 10.1. The van der Waals surface area contributed by atoms with Gasteiger partial charge in [-0.3, -0.25) is 0 Å². The van der Waals surface area contributed by atoms with E-state index in [0.29, 0.717) is 29.7 Å². The van der Waals surface area contributed by atoms with Crippen LogP contribution < -0.4 is 9.47 Å². The van der Waals surface area contributed by atoms with Gasteiger partial charge in [-0.1, -0.05) is 11.6 Å². The monoisotopic (exact) mass is 344 g/mol. The van der Waals surface area contributed by atoms with Gasteiger partial charge < -0.3 is 9.47 Å². The van der Waals surface area contributed by atoms with E-state index in [0.717, 1.165) is 10.4 Å². The number of rotatable bonds is 6. The first-order valence-electron chi connectivity index (χ1n) is 6.85. The highest BCUT2D eigenvalue weighted by atomic mass is 35.5. The predicted molar refractivity (Wildman–Crippen MR) is 90.5 cm³/mol. The van der Waals surface area contributed by atoms with E-state index in [2.05, 4.69) is 6.07 Å². The first-order valence-corrected chi connectivity index (χ1v) is 8.54. The second kappa shape index (κ2) is 7.39. The zero-order valence-corrected chi connectivity index (χ0v) is 14.6. The quantitative estimate of drug-likeness (QED) is 0.613. The average molecular weight is 345 g/mol. The van der Waals surface area contributed by atoms with E-state index in [-0.39, 0.29) is 5.38 Å². The predicted octanol–water partition coefficient (Wildman–Crippen LogP) is 5.84. The first-order chi connectivity index (χ1) is 10.1. The smallest absolute Gasteiger partial charge is 0.162 e. The zero-order chi connectivity index (χ0) is 15.4. The molecule has 2 rings (SSSR count). The normalized spacial score (nSPS) is 12.2. The zero-order valence-electron chi connectivity index (χ0n) is 12.3. The summed E-state index contributed by atoms with van der Waals surface area (Å²) in [5.74, 6) is 1.33. The Morgan fingerprint density at radius 3 is 2.29 bits per heavy atom. The molecule has 0 saturated carbocycles. The van der Waals surface area contributed by atoms with Crippen LogP contribution in [0.1, 0.15) is 35.2 Å². The summed E-state index contributed by atoms with van der Waals surface area (Å²) in [7, 11) is 0. The number of aryl methyl sites for hydroxylation is 1. The highest BCUT2D eigenvalue weighted by Gasteiger charge is 2.20. The van der Waals surface area contributed by atoms with Crippen LogP contribution in [0.4, 0.5) is 0 Å². The summed E-state index contributed by atoms with van der Waals surface area (Å²) in [5, 5.41) is 2.34. The number of hydrogen-bond donors (Lipinski definition) is 0. The van der Waals surface area contributed by atoms with E-state index >= 15 is 0 Å². The Hall–Kier alpha value is -0.900. The molecule has 0 bridgehead atoms. The minimum atomic E-state index is -0.285. The van der Waals surface area contributed by atoms with Crippen LogP contribution in [0, 0.1) is 6.92 Å². The van der Waals surface area contributed by atoms with Crippen molar-refractivity contribution in [3.05, 3.63) is 44.6 Å². The van der Waals surface area contributed by atoms with Gasteiger partial charge >= 0.3 is 0 Å². The number of thiophene rings is 1. The lowest BCUT2D eigenvalue weighted by Crippen LogP contribution is -2.01. The fourth-order valence-electron chi connectivity index (χ4n) is 2.07. The second-order valence-electron chi connectivity index (χ2n) is 4.52. The molecule has 0 N–H and O–H groups in total. The van der Waals surface area contributed by atoms with Gasteiger partial charge in [0.2, 0.25) is 0 Å². The molecule has 1 heterocycles. The molecule has 114 valence electrons. The van der Waals surface area contributed by atoms with Crippen LogP contribution in [-0.2, 0) is 0 Å². The Labute approximate surface area is 139 Å². The molecule has 0 aliphatic rings. The van der Waals surface area contributed by atoms with Crippen molar-refractivity contribution >= 4 is 34.5 Å². The van der Waals surface area contributed by atoms with Crippen molar-refractivity contribution in [2.45, 2.75) is 26.1 Å². The summed E-state index contributed by atoms with van der Waals surface area (Å²) < 4.78 is 11.2. The summed E-state index contributed by atoms with van der Waals surface area (Å²) in [6, 6.07) is 5.72. The van der Waals surface area contributed by atoms with Gasteiger partial charge in [-0.25, -0.2) is 0 Å². The summed E-state index contributed by atoms with van der Waals surface area (Å²) in [6.07, 6.45) is 0. The van der Waals surface area contributed by atoms with Crippen molar-refractivity contribution in [3.8, 4) is 11.5 Å². The van der Waals surface area contributed by atoms with Crippen LogP contribution in [0.3, 0.4) is 0 Å². The van der Waals surface area contributed by atoms with Gasteiger partial charge in [0.1, 0.15) is 0 Å². The molecule has 2 nitrogen and oxygen atoms in total. The van der Waals surface area contributed by atoms with Gasteiger partial charge in [0, 0.05) is 16.0 Å². The number of halogens is 2. The van der Waals surface area contributed by atoms with E-state index in [4.69, 9.17) is 32.7 Å². The SMILES string of the molecule is CCOc1cc(Cl)c(C(Cl)c2sccc2C)cc1OCC. The van der Waals surface area contributed by atoms with Crippen LogP contribution in [-0.4, -0.2) is 13.2 Å². The summed E-state index contributed by atoms with van der Waals surface area (Å²) in [6.45, 7) is 7.03. The van der Waals surface area contributed by atoms with Crippen molar-refractivity contribution < 1.29 is 9.47 Å². The highest BCUT2D eigenvalue weighted by molar-refractivity contribution is 7.10. The maximum absolute atomic E-state index is 6.61. The molecule has 0 aliphatic carbocycles. The van der Waals surface area contributed by atoms with E-state index in [9.17, 15) is 0 Å². The molecule has 0 saturated heterocycles. The molecule has 0 aliphatic heterocycles. The maximum atomic E-state index is 6.61. The third-order valence-corrected chi connectivity index (χ3v) is 5.06. The Balaban J connectivity index is 2.44. The molecule has 21 heavy (non-hydrogen) atoms. The molecule has 0 radical (unpaired) electrons. The Bertz CT molecular complexity index is 610. The molecule has 1 atom stereocenters. The Kier molecular flexibility index (Phi) is 5.80. The van der Waals surface area contributed by atoms with E-state index < -0.39 is 0 Å². The number of benzene rings is 1. The van der Waals surface area contributed by atoms with Crippen LogP contribution >= 0.6 is 34.5 Å². The molecule has 0 spiro atoms. The summed E-state index contributed by atoms with van der Waals surface area (Å²) >= 11 is 14.6. The lowest BCUT2D eigenvalue weighted by molar-refractivity contribution is 0.287. The van der Waals surface area contributed by atoms with Gasteiger partial charge in [0.25, 0.3) is 0 Å². The molecule has 0 amide bonds. The van der Waals surface area contributed by atoms with E-state index in [1.54, 1.807) is 17.4 Å². The van der Waals surface area contributed by atoms with Crippen LogP contribution in [0.15, 0.2) is 23.6 Å². The minimum Gasteiger partial charge on any atom is -0.490 e. The topological polar surface area (TPSA) is 18.5 Å². The standard InChI is InChI=1S/C16H18Cl2O2S/c1-4-19-13-8-11(12(17)9-14(13)20-5-2)15(18)16-10(3)6-7-21-16/h6-9,15H,4-5H2,1-3H3. The van der Waals surface area contributed by atoms with Crippen molar-refractivity contribution in [1.82, 2.24) is 0 Å². The number of alkyl halides is 1. The molecule has 1 unspecified atom stereocenters. The van der Waals surface area contributed by atoms with E-state index in [1.807, 2.05) is 32.2 Å². The van der Waals surface area contributed by atoms with Crippen LogP contribution in [0.5, 0.6) is 11.5 Å². The fraction of sp³-hybridized carbons (Fsp3) is 0.375. The molecule has 1 aromatic heterocycles. The molecular weight excluding hydrogens is 327 g/mol. The third-order valence-electron chi connectivity index (χ3n) is 3.07. The highest BCUT2D eigenvalue weighted by Crippen LogP contribution is 2.42. The second-order valence-corrected chi connectivity index (χ2v) is 6.31. The number of ether oxygens (including phenoxy) is 2. The Morgan fingerprint density at radius 2 is 1.76 bits per heavy atom. The van der Waals surface area contributed by atoms with Gasteiger partial charge in [-0.15, -0.1) is 22.9 Å². The van der Waals surface area contributed by atoms with Crippen molar-refractivity contribution in [1.29, 1.82) is 0 Å². The van der Waals surface area contributed by atoms with Gasteiger partial charge in [0.15, 0.2) is 11.5 Å². The summed E-state index contributed by atoms with van der Waals surface area (Å²) in [5.41, 5.74) is 2.01. The van der Waals surface area contributed by atoms with Gasteiger partial charge in [-0.05, 0) is 49.4 Å². The average Bonchev–Trinajstić information content (AvgIpc) is 2.87. The first kappa shape index (κ1) is 16.5. The molecule has 1 aromatic carbocycles. The van der Waals surface area contributed by atoms with Crippen molar-refractivity contribution in [3.63, 3.8) is 0 Å². The molecular formula is C16H18Cl2O2S. The lowest BCUT2D eigenvalue weighted by Gasteiger charge is -2.17. The van der Waals surface area contributed by atoms with Crippen molar-refractivity contribution in [2.24, 2.45) is 0 Å². The van der Waals surface area contributed by atoms with Crippen molar-refractivity contribution in [2.75, 3.05) is 13.2 Å². The Morgan fingerprint density at radius 1 is 1.14 bits per heavy atom. The number of hydrogen-bond acceptors (Lipinski definition) is 3. The van der Waals surface area contributed by atoms with E-state index in [1.165, 1.54) is 5.56 Å². The van der Waals surface area contributed by atoms with Gasteiger partial charge in [-0.2, -0.15) is 0 Å².